The second kappa shape index (κ2) is 11.2. The summed E-state index contributed by atoms with van der Waals surface area (Å²) in [6.07, 6.45) is 5.93. The summed E-state index contributed by atoms with van der Waals surface area (Å²) in [7, 11) is 3.53. The minimum absolute atomic E-state index is 0. The van der Waals surface area contributed by atoms with Gasteiger partial charge in [0.05, 0.1) is 5.69 Å². The van der Waals surface area contributed by atoms with Crippen molar-refractivity contribution in [3.8, 4) is 0 Å². The van der Waals surface area contributed by atoms with Crippen LogP contribution in [0, 0.1) is 0 Å². The number of amides is 1. The highest BCUT2D eigenvalue weighted by Gasteiger charge is 2.25. The third kappa shape index (κ3) is 6.50. The molecule has 1 aliphatic carbocycles. The van der Waals surface area contributed by atoms with E-state index in [1.807, 2.05) is 6.07 Å². The maximum atomic E-state index is 11.9. The van der Waals surface area contributed by atoms with Gasteiger partial charge in [-0.15, -0.1) is 24.0 Å². The number of benzene rings is 1. The third-order valence-corrected chi connectivity index (χ3v) is 5.96. The first-order chi connectivity index (χ1) is 13.0. The summed E-state index contributed by atoms with van der Waals surface area (Å²) in [5.74, 6) is 0.792. The minimum Gasteiger partial charge on any atom is -0.368 e. The number of guanidine groups is 1. The molecule has 156 valence electrons. The number of hydrogen-bond donors (Lipinski definition) is 2. The van der Waals surface area contributed by atoms with Crippen molar-refractivity contribution in [2.45, 2.75) is 44.2 Å². The van der Waals surface area contributed by atoms with Crippen molar-refractivity contribution < 1.29 is 4.79 Å². The lowest BCUT2D eigenvalue weighted by Gasteiger charge is -2.23. The molecule has 0 bridgehead atoms. The maximum absolute atomic E-state index is 11.9. The van der Waals surface area contributed by atoms with E-state index in [-0.39, 0.29) is 36.4 Å². The van der Waals surface area contributed by atoms with Crippen molar-refractivity contribution in [2.24, 2.45) is 4.99 Å². The van der Waals surface area contributed by atoms with Gasteiger partial charge in [0, 0.05) is 43.7 Å². The number of carbonyl (C=O) groups is 1. The van der Waals surface area contributed by atoms with Crippen molar-refractivity contribution >= 4 is 57.5 Å². The predicted octanol–water partition coefficient (Wildman–Crippen LogP) is 3.21. The lowest BCUT2D eigenvalue weighted by molar-refractivity contribution is -0.127. The number of hydrogen-bond acceptors (Lipinski definition) is 3. The van der Waals surface area contributed by atoms with E-state index in [2.05, 4.69) is 54.7 Å². The molecule has 2 aliphatic rings. The number of para-hydroxylation sites is 1. The molecule has 1 aromatic carbocycles. The lowest BCUT2D eigenvalue weighted by atomic mass is 10.2. The minimum atomic E-state index is 0. The number of halogens is 2. The van der Waals surface area contributed by atoms with E-state index in [9.17, 15) is 4.79 Å². The van der Waals surface area contributed by atoms with Crippen LogP contribution in [0.5, 0.6) is 0 Å². The number of likely N-dealkylation sites (N-methyl/N-ethyl adjacent to an activating group) is 1. The van der Waals surface area contributed by atoms with Gasteiger partial charge in [0.15, 0.2) is 5.96 Å². The molecule has 3 rings (SSSR count). The first-order valence-electron chi connectivity index (χ1n) is 9.80. The maximum Gasteiger partial charge on any atom is 0.243 e. The lowest BCUT2D eigenvalue weighted by Crippen LogP contribution is -2.48. The van der Waals surface area contributed by atoms with Gasteiger partial charge in [0.2, 0.25) is 5.91 Å². The van der Waals surface area contributed by atoms with Crippen molar-refractivity contribution in [1.29, 1.82) is 0 Å². The molecule has 1 aliphatic heterocycles. The molecule has 0 spiro atoms. The van der Waals surface area contributed by atoms with E-state index >= 15 is 0 Å². The van der Waals surface area contributed by atoms with Crippen LogP contribution in [-0.2, 0) is 4.79 Å². The van der Waals surface area contributed by atoms with Crippen molar-refractivity contribution in [2.75, 3.05) is 38.6 Å². The van der Waals surface area contributed by atoms with Crippen molar-refractivity contribution in [1.82, 2.24) is 15.5 Å². The molecule has 1 saturated heterocycles. The molecule has 6 nitrogen and oxygen atoms in total. The highest BCUT2D eigenvalue weighted by atomic mass is 127. The normalized spacial score (nSPS) is 20.0. The Kier molecular flexibility index (Phi) is 9.33. The van der Waals surface area contributed by atoms with Crippen LogP contribution in [0.25, 0.3) is 0 Å². The van der Waals surface area contributed by atoms with Gasteiger partial charge in [0.25, 0.3) is 0 Å². The average Bonchev–Trinajstić information content (AvgIpc) is 3.32. The SMILES string of the molecule is CN(C)C(=O)CN=C(NC1CCCC1)NC1CCN(c2ccccc2Br)C1.I. The van der Waals surface area contributed by atoms with Gasteiger partial charge < -0.3 is 20.4 Å². The van der Waals surface area contributed by atoms with Crippen LogP contribution >= 0.6 is 39.9 Å². The molecular formula is C20H31BrIN5O. The van der Waals surface area contributed by atoms with Gasteiger partial charge in [-0.1, -0.05) is 25.0 Å². The highest BCUT2D eigenvalue weighted by Crippen LogP contribution is 2.28. The van der Waals surface area contributed by atoms with E-state index in [0.717, 1.165) is 29.9 Å². The Morgan fingerprint density at radius 3 is 2.54 bits per heavy atom. The van der Waals surface area contributed by atoms with Crippen molar-refractivity contribution in [3.05, 3.63) is 28.7 Å². The summed E-state index contributed by atoms with van der Waals surface area (Å²) in [4.78, 5) is 20.5. The van der Waals surface area contributed by atoms with Gasteiger partial charge in [-0.05, 0) is 47.3 Å². The van der Waals surface area contributed by atoms with Gasteiger partial charge >= 0.3 is 0 Å². The van der Waals surface area contributed by atoms with Gasteiger partial charge in [-0.3, -0.25) is 4.79 Å². The molecule has 1 saturated carbocycles. The zero-order valence-electron chi connectivity index (χ0n) is 16.7. The van der Waals surface area contributed by atoms with E-state index in [0.29, 0.717) is 12.1 Å². The Bertz CT molecular complexity index is 678. The van der Waals surface area contributed by atoms with Gasteiger partial charge in [-0.2, -0.15) is 0 Å². The third-order valence-electron chi connectivity index (χ3n) is 5.29. The molecule has 2 fully saturated rings. The second-order valence-electron chi connectivity index (χ2n) is 7.61. The van der Waals surface area contributed by atoms with E-state index in [1.165, 1.54) is 31.4 Å². The quantitative estimate of drug-likeness (QED) is 0.328. The van der Waals surface area contributed by atoms with Gasteiger partial charge in [-0.25, -0.2) is 4.99 Å². The molecule has 1 unspecified atom stereocenters. The standard InChI is InChI=1S/C20H30BrN5O.HI/c1-25(2)19(27)13-22-20(23-15-7-3-4-8-15)24-16-11-12-26(14-16)18-10-6-5-9-17(18)21;/h5-6,9-10,15-16H,3-4,7-8,11-14H2,1-2H3,(H2,22,23,24);1H. The molecule has 0 radical (unpaired) electrons. The number of anilines is 1. The zero-order valence-corrected chi connectivity index (χ0v) is 20.6. The van der Waals surface area contributed by atoms with E-state index in [4.69, 9.17) is 0 Å². The van der Waals surface area contributed by atoms with E-state index in [1.54, 1.807) is 19.0 Å². The molecule has 2 N–H and O–H groups in total. The Hall–Kier alpha value is -1.03. The largest absolute Gasteiger partial charge is 0.368 e. The molecule has 8 heteroatoms. The number of nitrogens with zero attached hydrogens (tertiary/aromatic N) is 3. The summed E-state index contributed by atoms with van der Waals surface area (Å²) in [5, 5.41) is 7.11. The van der Waals surface area contributed by atoms with E-state index < -0.39 is 0 Å². The van der Waals surface area contributed by atoms with Crippen LogP contribution in [0.3, 0.4) is 0 Å². The molecule has 1 atom stereocenters. The summed E-state index contributed by atoms with van der Waals surface area (Å²) in [5.41, 5.74) is 1.23. The number of aliphatic imine (C=N–C) groups is 1. The van der Waals surface area contributed by atoms with Crippen molar-refractivity contribution in [3.63, 3.8) is 0 Å². The fourth-order valence-electron chi connectivity index (χ4n) is 3.68. The monoisotopic (exact) mass is 563 g/mol. The fourth-order valence-corrected chi connectivity index (χ4v) is 4.22. The fraction of sp³-hybridized carbons (Fsp3) is 0.600. The molecule has 1 aromatic rings. The summed E-state index contributed by atoms with van der Waals surface area (Å²) < 4.78 is 1.13. The Labute approximate surface area is 193 Å². The topological polar surface area (TPSA) is 60.0 Å². The second-order valence-corrected chi connectivity index (χ2v) is 8.46. The molecule has 1 amide bonds. The molecule has 0 aromatic heterocycles. The smallest absolute Gasteiger partial charge is 0.243 e. The van der Waals surface area contributed by atoms with Crippen LogP contribution in [0.2, 0.25) is 0 Å². The van der Waals surface area contributed by atoms with Gasteiger partial charge in [0.1, 0.15) is 6.54 Å². The Morgan fingerprint density at radius 1 is 1.18 bits per heavy atom. The predicted molar refractivity (Wildman–Crippen MR) is 130 cm³/mol. The highest BCUT2D eigenvalue weighted by molar-refractivity contribution is 14.0. The van der Waals surface area contributed by atoms with Crippen LogP contribution in [0.15, 0.2) is 33.7 Å². The molecule has 28 heavy (non-hydrogen) atoms. The number of carbonyl (C=O) groups excluding carboxylic acids is 1. The summed E-state index contributed by atoms with van der Waals surface area (Å²) >= 11 is 3.65. The Morgan fingerprint density at radius 2 is 1.86 bits per heavy atom. The molecule has 1 heterocycles. The van der Waals surface area contributed by atoms with Crippen LogP contribution in [-0.4, -0.2) is 62.6 Å². The zero-order chi connectivity index (χ0) is 19.2. The summed E-state index contributed by atoms with van der Waals surface area (Å²) in [6.45, 7) is 2.11. The first-order valence-corrected chi connectivity index (χ1v) is 10.6. The van der Waals surface area contributed by atoms with Crippen LogP contribution in [0.4, 0.5) is 5.69 Å². The summed E-state index contributed by atoms with van der Waals surface area (Å²) in [6, 6.07) is 9.12. The first kappa shape index (κ1) is 23.3. The molecular weight excluding hydrogens is 533 g/mol. The van der Waals surface area contributed by atoms with Crippen LogP contribution in [0.1, 0.15) is 32.1 Å². The average molecular weight is 564 g/mol. The van der Waals surface area contributed by atoms with Crippen LogP contribution < -0.4 is 15.5 Å². The number of rotatable bonds is 5. The number of nitrogens with one attached hydrogen (secondary N) is 2. The Balaban J connectivity index is 0.00000280.